The van der Waals surface area contributed by atoms with Crippen LogP contribution in [0.2, 0.25) is 36.3 Å². The molecule has 0 aromatic rings. The lowest BCUT2D eigenvalue weighted by atomic mass is 10.1. The largest absolute Gasteiger partial charge is 0.417 e. The van der Waals surface area contributed by atoms with Gasteiger partial charge >= 0.3 is 0 Å². The summed E-state index contributed by atoms with van der Waals surface area (Å²) in [7, 11) is -3.07. The van der Waals surface area contributed by atoms with Crippen LogP contribution in [0, 0.1) is 0 Å². The molecular weight excluding hydrogens is 576 g/mol. The second-order valence-corrected chi connectivity index (χ2v) is 23.2. The predicted molar refractivity (Wildman–Crippen MR) is 186 cm³/mol. The fraction of sp³-hybridized carbons (Fsp3) is 0.471. The first-order valence-corrected chi connectivity index (χ1v) is 20.6. The van der Waals surface area contributed by atoms with Gasteiger partial charge in [-0.15, -0.1) is 6.58 Å². The van der Waals surface area contributed by atoms with Gasteiger partial charge in [-0.25, -0.2) is 0 Å². The van der Waals surface area contributed by atoms with Crippen LogP contribution < -0.4 is 0 Å². The summed E-state index contributed by atoms with van der Waals surface area (Å²) in [6.07, 6.45) is 32.7. The zero-order valence-corrected chi connectivity index (χ0v) is 30.0. The Morgan fingerprint density at radius 3 is 1.69 bits per heavy atom. The van der Waals surface area contributed by atoms with Crippen molar-refractivity contribution in [1.29, 1.82) is 0 Å². The molecule has 0 radical (unpaired) electrons. The summed E-state index contributed by atoms with van der Waals surface area (Å²) in [5.41, 5.74) is 1.37. The molecule has 39 heavy (non-hydrogen) atoms. The van der Waals surface area contributed by atoms with Crippen molar-refractivity contribution in [1.82, 2.24) is 0 Å². The van der Waals surface area contributed by atoms with Gasteiger partial charge in [0.15, 0.2) is 16.6 Å². The van der Waals surface area contributed by atoms with Crippen LogP contribution in [-0.4, -0.2) is 29.8 Å². The molecule has 0 atom stereocenters. The quantitative estimate of drug-likeness (QED) is 0.151. The van der Waals surface area contributed by atoms with Crippen molar-refractivity contribution >= 4 is 32.6 Å². The lowest BCUT2D eigenvalue weighted by molar-refractivity contribution is 0.283. The molecule has 0 unspecified atom stereocenters. The Bertz CT molecular complexity index is 960. The molecule has 0 aromatic heterocycles. The van der Waals surface area contributed by atoms with Crippen molar-refractivity contribution in [3.63, 3.8) is 0 Å². The van der Waals surface area contributed by atoms with Gasteiger partial charge < -0.3 is 8.85 Å². The molecule has 0 spiro atoms. The smallest absolute Gasteiger partial charge is 0.192 e. The van der Waals surface area contributed by atoms with E-state index in [1.54, 1.807) is 0 Å². The number of halogens is 1. The van der Waals surface area contributed by atoms with E-state index in [1.165, 1.54) is 5.57 Å². The normalized spacial score (nSPS) is 18.7. The third-order valence-corrected chi connectivity index (χ3v) is 16.8. The lowest BCUT2D eigenvalue weighted by Gasteiger charge is -2.36. The molecule has 0 N–H and O–H groups in total. The van der Waals surface area contributed by atoms with Gasteiger partial charge in [-0.3, -0.25) is 0 Å². The van der Waals surface area contributed by atoms with Crippen molar-refractivity contribution in [2.75, 3.05) is 13.2 Å². The third-order valence-electron chi connectivity index (χ3n) is 7.27. The van der Waals surface area contributed by atoms with Gasteiger partial charge in [0.05, 0.1) is 6.61 Å². The molecule has 5 heteroatoms. The second kappa shape index (κ2) is 18.8. The average Bonchev–Trinajstić information content (AvgIpc) is 2.78. The van der Waals surface area contributed by atoms with Crippen LogP contribution in [0.1, 0.15) is 54.4 Å². The second-order valence-electron chi connectivity index (χ2n) is 12.6. The van der Waals surface area contributed by atoms with Crippen LogP contribution in [0.4, 0.5) is 0 Å². The van der Waals surface area contributed by atoms with Crippen molar-refractivity contribution < 1.29 is 8.85 Å². The minimum Gasteiger partial charge on any atom is -0.417 e. The van der Waals surface area contributed by atoms with E-state index in [-0.39, 0.29) is 0 Å². The van der Waals surface area contributed by atoms with Gasteiger partial charge in [-0.2, -0.15) is 0 Å². The highest BCUT2D eigenvalue weighted by atomic mass is 79.9. The van der Waals surface area contributed by atoms with E-state index in [0.29, 0.717) is 16.7 Å². The molecule has 0 heterocycles. The van der Waals surface area contributed by atoms with Crippen molar-refractivity contribution in [3.8, 4) is 0 Å². The van der Waals surface area contributed by atoms with Gasteiger partial charge in [-0.05, 0) is 66.8 Å². The maximum Gasteiger partial charge on any atom is 0.192 e. The fourth-order valence-corrected chi connectivity index (χ4v) is 4.98. The van der Waals surface area contributed by atoms with E-state index in [1.807, 2.05) is 54.7 Å². The van der Waals surface area contributed by atoms with Crippen LogP contribution in [0.15, 0.2) is 108 Å². The molecule has 2 aliphatic rings. The van der Waals surface area contributed by atoms with Crippen molar-refractivity contribution in [3.05, 3.63) is 108 Å². The summed E-state index contributed by atoms with van der Waals surface area (Å²) in [6.45, 7) is 27.9. The zero-order chi connectivity index (χ0) is 30.0. The van der Waals surface area contributed by atoms with Crippen LogP contribution in [0.5, 0.6) is 0 Å². The minimum absolute atomic E-state index is 0.305. The molecule has 218 valence electrons. The first kappa shape index (κ1) is 37.5. The Morgan fingerprint density at radius 2 is 1.15 bits per heavy atom. The molecule has 2 aliphatic carbocycles. The summed E-state index contributed by atoms with van der Waals surface area (Å²) in [4.78, 5) is 0. The first-order valence-electron chi connectivity index (χ1n) is 14.0. The maximum absolute atomic E-state index is 6.20. The van der Waals surface area contributed by atoms with Crippen LogP contribution in [0.3, 0.4) is 0 Å². The molecule has 2 rings (SSSR count). The van der Waals surface area contributed by atoms with Crippen LogP contribution in [-0.2, 0) is 8.85 Å². The molecule has 0 aliphatic heterocycles. The van der Waals surface area contributed by atoms with Crippen LogP contribution in [0.25, 0.3) is 0 Å². The lowest BCUT2D eigenvalue weighted by Crippen LogP contribution is -2.40. The summed E-state index contributed by atoms with van der Waals surface area (Å²) in [5.74, 6) is 0. The van der Waals surface area contributed by atoms with Crippen molar-refractivity contribution in [2.24, 2.45) is 0 Å². The highest BCUT2D eigenvalue weighted by molar-refractivity contribution is 9.11. The molecular formula is C34H55BrO2Si2. The summed E-state index contributed by atoms with van der Waals surface area (Å²) < 4.78 is 13.1. The van der Waals surface area contributed by atoms with Gasteiger partial charge in [0, 0.05) is 11.1 Å². The molecule has 0 saturated carbocycles. The zero-order valence-electron chi connectivity index (χ0n) is 26.4. The average molecular weight is 632 g/mol. The molecule has 2 nitrogen and oxygen atoms in total. The van der Waals surface area contributed by atoms with E-state index >= 15 is 0 Å². The van der Waals surface area contributed by atoms with E-state index in [9.17, 15) is 0 Å². The predicted octanol–water partition coefficient (Wildman–Crippen LogP) is 11.5. The Labute approximate surface area is 252 Å². The van der Waals surface area contributed by atoms with Crippen molar-refractivity contribution in [2.45, 2.75) is 90.6 Å². The number of rotatable bonds is 8. The van der Waals surface area contributed by atoms with E-state index in [2.05, 4.69) is 127 Å². The number of hydrogen-bond acceptors (Lipinski definition) is 2. The molecule has 0 saturated heterocycles. The number of hydrogen-bond donors (Lipinski definition) is 0. The highest BCUT2D eigenvalue weighted by Gasteiger charge is 2.37. The van der Waals surface area contributed by atoms with Gasteiger partial charge in [0.25, 0.3) is 0 Å². The first-order chi connectivity index (χ1) is 18.0. The summed E-state index contributed by atoms with van der Waals surface area (Å²) >= 11 is 3.36. The SMILES string of the molecule is BrC1=C/C=C\C=C/C=C1.C=CCO[Si](C)(C)C(C)(C)C.CC(C)(C)[Si](C)(C)OCCCC1=C/C=C\C=C/C=C1. The standard InChI is InChI=1S/C17H28OSi.C9H20OSi.C8H7Br/c1-17(2,3)19(4,5)18-15-11-14-16-12-9-7-6-8-10-13-16;1-7-8-10-11(5,6)9(2,3)4;9-8-6-4-2-1-3-5-7-8/h6-10,12-13H,11,14-15H2,1-5H3;7H,1,8H2,2-6H3;1-7H/b7-6-,8-6?,9-7?,10-8-,12-9?,13-10?,16-12?,16-13?;;2-1-,3-1?,4-2?,5-3-,6-4?,7-5?,8-6?,8-7?. The Balaban J connectivity index is 0.000000611. The topological polar surface area (TPSA) is 18.5 Å². The molecule has 0 bridgehead atoms. The molecule has 0 fully saturated rings. The Hall–Kier alpha value is -1.51. The Kier molecular flexibility index (Phi) is 18.0. The van der Waals surface area contributed by atoms with E-state index in [0.717, 1.165) is 23.9 Å². The van der Waals surface area contributed by atoms with Gasteiger partial charge in [0.2, 0.25) is 0 Å². The van der Waals surface area contributed by atoms with Gasteiger partial charge in [-0.1, -0.05) is 136 Å². The maximum atomic E-state index is 6.20. The summed E-state index contributed by atoms with van der Waals surface area (Å²) in [5, 5.41) is 0.621. The molecule has 0 amide bonds. The minimum atomic E-state index is -1.57. The van der Waals surface area contributed by atoms with Gasteiger partial charge in [0.1, 0.15) is 0 Å². The highest BCUT2D eigenvalue weighted by Crippen LogP contribution is 2.37. The van der Waals surface area contributed by atoms with E-state index < -0.39 is 16.6 Å². The third kappa shape index (κ3) is 17.7. The summed E-state index contributed by atoms with van der Waals surface area (Å²) in [6, 6.07) is 0. The fourth-order valence-electron chi connectivity index (χ4n) is 2.62. The van der Waals surface area contributed by atoms with E-state index in [4.69, 9.17) is 8.85 Å². The number of allylic oxidation sites excluding steroid dienone is 16. The van der Waals surface area contributed by atoms with Crippen LogP contribution >= 0.6 is 15.9 Å². The molecule has 0 aromatic carbocycles. The monoisotopic (exact) mass is 630 g/mol. The Morgan fingerprint density at radius 1 is 0.692 bits per heavy atom.